The molecule has 0 bridgehead atoms. The number of halogens is 1. The van der Waals surface area contributed by atoms with Crippen molar-refractivity contribution >= 4 is 23.3 Å². The molecule has 6 heteroatoms. The summed E-state index contributed by atoms with van der Waals surface area (Å²) in [4.78, 5) is 20.9. The maximum absolute atomic E-state index is 12.1. The molecule has 2 aromatic rings. The van der Waals surface area contributed by atoms with Crippen LogP contribution in [0.4, 0.5) is 5.82 Å². The molecule has 1 amide bonds. The molecule has 0 atom stereocenters. The second-order valence-electron chi connectivity index (χ2n) is 6.18. The third-order valence-electron chi connectivity index (χ3n) is 4.36. The highest BCUT2D eigenvalue weighted by Crippen LogP contribution is 2.12. The lowest BCUT2D eigenvalue weighted by Gasteiger charge is -2.34. The highest BCUT2D eigenvalue weighted by Gasteiger charge is 2.19. The van der Waals surface area contributed by atoms with Crippen LogP contribution in [0.2, 0.25) is 5.02 Å². The number of anilines is 1. The van der Waals surface area contributed by atoms with Gasteiger partial charge in [0.2, 0.25) is 5.91 Å². The maximum Gasteiger partial charge on any atom is 0.234 e. The van der Waals surface area contributed by atoms with Gasteiger partial charge in [0.1, 0.15) is 5.82 Å². The number of piperazine rings is 1. The lowest BCUT2D eigenvalue weighted by molar-refractivity contribution is -0.122. The molecule has 132 valence electrons. The van der Waals surface area contributed by atoms with Gasteiger partial charge in [-0.25, -0.2) is 4.98 Å². The van der Waals surface area contributed by atoms with E-state index in [2.05, 4.69) is 20.1 Å². The summed E-state index contributed by atoms with van der Waals surface area (Å²) < 4.78 is 0. The minimum Gasteiger partial charge on any atom is -0.355 e. The second kappa shape index (κ2) is 8.83. The van der Waals surface area contributed by atoms with E-state index in [4.69, 9.17) is 11.6 Å². The molecule has 0 radical (unpaired) electrons. The van der Waals surface area contributed by atoms with Gasteiger partial charge in [-0.05, 0) is 36.2 Å². The molecule has 1 fully saturated rings. The SMILES string of the molecule is O=C(CN1CCN(c2ccccn2)CC1)NCCc1ccc(Cl)cc1. The Balaban J connectivity index is 1.35. The molecule has 1 aliphatic heterocycles. The predicted octanol–water partition coefficient (Wildman–Crippen LogP) is 2.22. The third-order valence-corrected chi connectivity index (χ3v) is 4.61. The van der Waals surface area contributed by atoms with Crippen LogP contribution in [0.25, 0.3) is 0 Å². The largest absolute Gasteiger partial charge is 0.355 e. The number of benzene rings is 1. The molecule has 5 nitrogen and oxygen atoms in total. The van der Waals surface area contributed by atoms with E-state index in [1.807, 2.05) is 48.7 Å². The van der Waals surface area contributed by atoms with Crippen molar-refractivity contribution in [3.8, 4) is 0 Å². The van der Waals surface area contributed by atoms with Gasteiger partial charge in [-0.15, -0.1) is 0 Å². The first-order valence-corrected chi connectivity index (χ1v) is 8.98. The van der Waals surface area contributed by atoms with Gasteiger partial charge in [0, 0.05) is 43.9 Å². The van der Waals surface area contributed by atoms with Gasteiger partial charge in [-0.2, -0.15) is 0 Å². The van der Waals surface area contributed by atoms with Crippen molar-refractivity contribution < 1.29 is 4.79 Å². The Morgan fingerprint density at radius 2 is 1.84 bits per heavy atom. The van der Waals surface area contributed by atoms with Crippen molar-refractivity contribution in [2.45, 2.75) is 6.42 Å². The average Bonchev–Trinajstić information content (AvgIpc) is 2.65. The fourth-order valence-corrected chi connectivity index (χ4v) is 3.06. The zero-order valence-electron chi connectivity index (χ0n) is 14.2. The number of nitrogens with zero attached hydrogens (tertiary/aromatic N) is 3. The van der Waals surface area contributed by atoms with Crippen LogP contribution < -0.4 is 10.2 Å². The summed E-state index contributed by atoms with van der Waals surface area (Å²) in [6.07, 6.45) is 2.63. The molecule has 1 aromatic carbocycles. The molecule has 1 aromatic heterocycles. The summed E-state index contributed by atoms with van der Waals surface area (Å²) in [6.45, 7) is 4.65. The lowest BCUT2D eigenvalue weighted by Crippen LogP contribution is -2.49. The van der Waals surface area contributed by atoms with Gasteiger partial charge < -0.3 is 10.2 Å². The van der Waals surface area contributed by atoms with Crippen molar-refractivity contribution in [2.24, 2.45) is 0 Å². The summed E-state index contributed by atoms with van der Waals surface area (Å²) in [6, 6.07) is 13.7. The first kappa shape index (κ1) is 17.7. The van der Waals surface area contributed by atoms with Crippen LogP contribution in [0.3, 0.4) is 0 Å². The van der Waals surface area contributed by atoms with Crippen molar-refractivity contribution in [1.29, 1.82) is 0 Å². The van der Waals surface area contributed by atoms with Crippen molar-refractivity contribution in [1.82, 2.24) is 15.2 Å². The molecular weight excluding hydrogens is 336 g/mol. The number of hydrogen-bond acceptors (Lipinski definition) is 4. The molecule has 2 heterocycles. The molecule has 0 spiro atoms. The minimum atomic E-state index is 0.0836. The zero-order valence-corrected chi connectivity index (χ0v) is 15.0. The number of hydrogen-bond donors (Lipinski definition) is 1. The van der Waals surface area contributed by atoms with E-state index in [0.29, 0.717) is 13.1 Å². The normalized spacial score (nSPS) is 15.2. The van der Waals surface area contributed by atoms with Crippen LogP contribution >= 0.6 is 11.6 Å². The topological polar surface area (TPSA) is 48.5 Å². The van der Waals surface area contributed by atoms with E-state index < -0.39 is 0 Å². The van der Waals surface area contributed by atoms with E-state index in [0.717, 1.165) is 43.4 Å². The highest BCUT2D eigenvalue weighted by atomic mass is 35.5. The molecule has 0 saturated carbocycles. The summed E-state index contributed by atoms with van der Waals surface area (Å²) >= 11 is 5.87. The van der Waals surface area contributed by atoms with E-state index in [1.54, 1.807) is 0 Å². The molecule has 0 aliphatic carbocycles. The van der Waals surface area contributed by atoms with Crippen LogP contribution in [0, 0.1) is 0 Å². The average molecular weight is 359 g/mol. The van der Waals surface area contributed by atoms with Gasteiger partial charge in [0.25, 0.3) is 0 Å². The molecule has 1 saturated heterocycles. The van der Waals surface area contributed by atoms with E-state index in [9.17, 15) is 4.79 Å². The second-order valence-corrected chi connectivity index (χ2v) is 6.61. The smallest absolute Gasteiger partial charge is 0.234 e. The number of nitrogens with one attached hydrogen (secondary N) is 1. The molecule has 25 heavy (non-hydrogen) atoms. The zero-order chi connectivity index (χ0) is 17.5. The van der Waals surface area contributed by atoms with Crippen LogP contribution in [-0.4, -0.2) is 55.1 Å². The van der Waals surface area contributed by atoms with Crippen LogP contribution in [0.5, 0.6) is 0 Å². The first-order valence-electron chi connectivity index (χ1n) is 8.60. The highest BCUT2D eigenvalue weighted by molar-refractivity contribution is 6.30. The molecule has 3 rings (SSSR count). The first-order chi connectivity index (χ1) is 12.2. The summed E-state index contributed by atoms with van der Waals surface area (Å²) in [5.41, 5.74) is 1.17. The summed E-state index contributed by atoms with van der Waals surface area (Å²) in [5.74, 6) is 1.09. The Morgan fingerprint density at radius 3 is 2.52 bits per heavy atom. The summed E-state index contributed by atoms with van der Waals surface area (Å²) in [7, 11) is 0. The molecule has 1 aliphatic rings. The van der Waals surface area contributed by atoms with Crippen LogP contribution in [-0.2, 0) is 11.2 Å². The number of rotatable bonds is 6. The van der Waals surface area contributed by atoms with Gasteiger partial charge in [-0.3, -0.25) is 9.69 Å². The number of amides is 1. The fourth-order valence-electron chi connectivity index (χ4n) is 2.93. The Kier molecular flexibility index (Phi) is 6.25. The quantitative estimate of drug-likeness (QED) is 0.860. The minimum absolute atomic E-state index is 0.0836. The van der Waals surface area contributed by atoms with Crippen molar-refractivity contribution in [2.75, 3.05) is 44.2 Å². The number of carbonyl (C=O) groups excluding carboxylic acids is 1. The number of aromatic nitrogens is 1. The van der Waals surface area contributed by atoms with Gasteiger partial charge >= 0.3 is 0 Å². The monoisotopic (exact) mass is 358 g/mol. The lowest BCUT2D eigenvalue weighted by atomic mass is 10.1. The standard InChI is InChI=1S/C19H23ClN4O/c20-17-6-4-16(5-7-17)8-10-22-19(25)15-23-11-13-24(14-12-23)18-3-1-2-9-21-18/h1-7,9H,8,10-15H2,(H,22,25). The molecular formula is C19H23ClN4O. The van der Waals surface area contributed by atoms with Crippen LogP contribution in [0.1, 0.15) is 5.56 Å². The Bertz CT molecular complexity index is 670. The number of carbonyl (C=O) groups is 1. The van der Waals surface area contributed by atoms with Crippen molar-refractivity contribution in [3.63, 3.8) is 0 Å². The van der Waals surface area contributed by atoms with E-state index >= 15 is 0 Å². The molecule has 0 unspecified atom stereocenters. The van der Waals surface area contributed by atoms with Crippen LogP contribution in [0.15, 0.2) is 48.7 Å². The third kappa shape index (κ3) is 5.44. The van der Waals surface area contributed by atoms with Gasteiger partial charge in [0.15, 0.2) is 0 Å². The van der Waals surface area contributed by atoms with Gasteiger partial charge in [0.05, 0.1) is 6.54 Å². The predicted molar refractivity (Wildman–Crippen MR) is 101 cm³/mol. The number of pyridine rings is 1. The van der Waals surface area contributed by atoms with E-state index in [1.165, 1.54) is 5.56 Å². The maximum atomic E-state index is 12.1. The Labute approximate surface area is 153 Å². The van der Waals surface area contributed by atoms with Crippen molar-refractivity contribution in [3.05, 3.63) is 59.2 Å². The fraction of sp³-hybridized carbons (Fsp3) is 0.368. The van der Waals surface area contributed by atoms with Gasteiger partial charge in [-0.1, -0.05) is 29.8 Å². The van der Waals surface area contributed by atoms with E-state index in [-0.39, 0.29) is 5.91 Å². The molecule has 1 N–H and O–H groups in total. The Morgan fingerprint density at radius 1 is 1.08 bits per heavy atom. The summed E-state index contributed by atoms with van der Waals surface area (Å²) in [5, 5.41) is 3.73. The Hall–Kier alpha value is -2.11.